The summed E-state index contributed by atoms with van der Waals surface area (Å²) in [5, 5.41) is 4.92. The van der Waals surface area contributed by atoms with E-state index in [-0.39, 0.29) is 11.8 Å². The molecule has 3 aromatic rings. The zero-order valence-corrected chi connectivity index (χ0v) is 18.3. The van der Waals surface area contributed by atoms with Gasteiger partial charge in [0.1, 0.15) is 5.82 Å². The number of carbonyl (C=O) groups is 2. The molecule has 0 atom stereocenters. The standard InChI is InChI=1S/C25H28N4O3/c1-32-17-5-12-26-24(30)20-10-11-23(27-18-20)28-13-15-29(16-14-28)25(31)22-9-4-7-19-6-2-3-8-21(19)22/h2-4,6-11,18H,5,12-17H2,1H3,(H,26,30). The third kappa shape index (κ3) is 4.89. The van der Waals surface area contributed by atoms with Gasteiger partial charge in [-0.05, 0) is 35.4 Å². The van der Waals surface area contributed by atoms with E-state index in [0.717, 1.165) is 28.6 Å². The van der Waals surface area contributed by atoms with Gasteiger partial charge in [-0.15, -0.1) is 0 Å². The van der Waals surface area contributed by atoms with Gasteiger partial charge in [-0.1, -0.05) is 36.4 Å². The first-order valence-electron chi connectivity index (χ1n) is 10.9. The van der Waals surface area contributed by atoms with E-state index in [0.29, 0.717) is 44.9 Å². The highest BCUT2D eigenvalue weighted by atomic mass is 16.5. The molecule has 1 aliphatic rings. The number of methoxy groups -OCH3 is 1. The molecule has 2 amide bonds. The zero-order valence-electron chi connectivity index (χ0n) is 18.3. The molecule has 0 saturated carbocycles. The van der Waals surface area contributed by atoms with Gasteiger partial charge in [0, 0.05) is 58.2 Å². The summed E-state index contributed by atoms with van der Waals surface area (Å²) < 4.78 is 4.98. The van der Waals surface area contributed by atoms with Gasteiger partial charge in [0.25, 0.3) is 11.8 Å². The lowest BCUT2D eigenvalue weighted by atomic mass is 10.0. The summed E-state index contributed by atoms with van der Waals surface area (Å²) in [6.07, 6.45) is 2.38. The maximum absolute atomic E-state index is 13.1. The SMILES string of the molecule is COCCCNC(=O)c1ccc(N2CCN(C(=O)c3cccc4ccccc34)CC2)nc1. The lowest BCUT2D eigenvalue weighted by Crippen LogP contribution is -2.49. The van der Waals surface area contributed by atoms with Crippen LogP contribution in [0.3, 0.4) is 0 Å². The summed E-state index contributed by atoms with van der Waals surface area (Å²) >= 11 is 0. The molecular weight excluding hydrogens is 404 g/mol. The number of hydrogen-bond donors (Lipinski definition) is 1. The third-order valence-electron chi connectivity index (χ3n) is 5.73. The number of amides is 2. The Morgan fingerprint density at radius 3 is 2.53 bits per heavy atom. The van der Waals surface area contributed by atoms with Gasteiger partial charge in [-0.3, -0.25) is 9.59 Å². The van der Waals surface area contributed by atoms with Crippen molar-refractivity contribution in [1.82, 2.24) is 15.2 Å². The Morgan fingerprint density at radius 1 is 1.00 bits per heavy atom. The van der Waals surface area contributed by atoms with Gasteiger partial charge >= 0.3 is 0 Å². The van der Waals surface area contributed by atoms with Crippen LogP contribution in [0.2, 0.25) is 0 Å². The summed E-state index contributed by atoms with van der Waals surface area (Å²) in [4.78, 5) is 33.9. The second-order valence-corrected chi connectivity index (χ2v) is 7.81. The number of carbonyl (C=O) groups excluding carboxylic acids is 2. The van der Waals surface area contributed by atoms with E-state index in [1.807, 2.05) is 53.4 Å². The average Bonchev–Trinajstić information content (AvgIpc) is 2.86. The summed E-state index contributed by atoms with van der Waals surface area (Å²) in [6, 6.07) is 17.5. The molecule has 0 spiro atoms. The first kappa shape index (κ1) is 21.8. The van der Waals surface area contributed by atoms with Crippen molar-refractivity contribution in [2.24, 2.45) is 0 Å². The summed E-state index contributed by atoms with van der Waals surface area (Å²) in [5.41, 5.74) is 1.28. The fraction of sp³-hybridized carbons (Fsp3) is 0.320. The zero-order chi connectivity index (χ0) is 22.3. The van der Waals surface area contributed by atoms with Gasteiger partial charge in [0.05, 0.1) is 5.56 Å². The largest absolute Gasteiger partial charge is 0.385 e. The Hall–Kier alpha value is -3.45. The maximum Gasteiger partial charge on any atom is 0.254 e. The number of pyridine rings is 1. The predicted octanol–water partition coefficient (Wildman–Crippen LogP) is 2.96. The third-order valence-corrected chi connectivity index (χ3v) is 5.73. The molecule has 0 bridgehead atoms. The Morgan fingerprint density at radius 2 is 1.78 bits per heavy atom. The van der Waals surface area contributed by atoms with Gasteiger partial charge in [-0.25, -0.2) is 4.98 Å². The second-order valence-electron chi connectivity index (χ2n) is 7.81. The minimum atomic E-state index is -0.134. The highest BCUT2D eigenvalue weighted by Crippen LogP contribution is 2.21. The molecule has 0 aliphatic carbocycles. The van der Waals surface area contributed by atoms with Crippen LogP contribution in [0.4, 0.5) is 5.82 Å². The molecule has 1 aliphatic heterocycles. The van der Waals surface area contributed by atoms with Crippen LogP contribution >= 0.6 is 0 Å². The van der Waals surface area contributed by atoms with E-state index >= 15 is 0 Å². The molecule has 4 rings (SSSR count). The average molecular weight is 433 g/mol. The molecule has 1 saturated heterocycles. The van der Waals surface area contributed by atoms with Crippen molar-refractivity contribution in [2.45, 2.75) is 6.42 Å². The number of rotatable bonds is 7. The molecule has 7 nitrogen and oxygen atoms in total. The monoisotopic (exact) mass is 432 g/mol. The molecule has 166 valence electrons. The smallest absolute Gasteiger partial charge is 0.254 e. The lowest BCUT2D eigenvalue weighted by molar-refractivity contribution is 0.0748. The van der Waals surface area contributed by atoms with Crippen LogP contribution in [0.15, 0.2) is 60.8 Å². The van der Waals surface area contributed by atoms with Crippen molar-refractivity contribution in [2.75, 3.05) is 51.3 Å². The van der Waals surface area contributed by atoms with Crippen molar-refractivity contribution < 1.29 is 14.3 Å². The Bertz CT molecular complexity index is 1070. The lowest BCUT2D eigenvalue weighted by Gasteiger charge is -2.35. The van der Waals surface area contributed by atoms with E-state index in [1.165, 1.54) is 0 Å². The Labute approximate surface area is 188 Å². The number of nitrogens with one attached hydrogen (secondary N) is 1. The normalized spacial score (nSPS) is 13.9. The van der Waals surface area contributed by atoms with E-state index in [4.69, 9.17) is 4.74 Å². The van der Waals surface area contributed by atoms with E-state index in [2.05, 4.69) is 15.2 Å². The molecule has 1 fully saturated rings. The fourth-order valence-corrected chi connectivity index (χ4v) is 3.95. The topological polar surface area (TPSA) is 74.8 Å². The predicted molar refractivity (Wildman–Crippen MR) is 125 cm³/mol. The number of anilines is 1. The summed E-state index contributed by atoms with van der Waals surface area (Å²) in [6.45, 7) is 3.85. The molecule has 0 unspecified atom stereocenters. The van der Waals surface area contributed by atoms with Crippen LogP contribution < -0.4 is 10.2 Å². The molecular formula is C25H28N4O3. The van der Waals surface area contributed by atoms with Crippen molar-refractivity contribution in [3.05, 3.63) is 71.9 Å². The first-order chi connectivity index (χ1) is 15.7. The van der Waals surface area contributed by atoms with E-state index in [9.17, 15) is 9.59 Å². The van der Waals surface area contributed by atoms with Crippen LogP contribution in [-0.2, 0) is 4.74 Å². The molecule has 7 heteroatoms. The van der Waals surface area contributed by atoms with Crippen LogP contribution in [-0.4, -0.2) is 68.1 Å². The fourth-order valence-electron chi connectivity index (χ4n) is 3.95. The minimum absolute atomic E-state index is 0.0647. The number of fused-ring (bicyclic) bond motifs is 1. The highest BCUT2D eigenvalue weighted by Gasteiger charge is 2.24. The maximum atomic E-state index is 13.1. The summed E-state index contributed by atoms with van der Waals surface area (Å²) in [5.74, 6) is 0.749. The number of benzene rings is 2. The van der Waals surface area contributed by atoms with Crippen LogP contribution in [0.5, 0.6) is 0 Å². The molecule has 2 aromatic carbocycles. The van der Waals surface area contributed by atoms with Crippen LogP contribution in [0.25, 0.3) is 10.8 Å². The Balaban J connectivity index is 1.34. The van der Waals surface area contributed by atoms with Crippen molar-refractivity contribution in [3.8, 4) is 0 Å². The second kappa shape index (κ2) is 10.2. The van der Waals surface area contributed by atoms with E-state index in [1.54, 1.807) is 19.4 Å². The molecule has 2 heterocycles. The molecule has 1 N–H and O–H groups in total. The molecule has 0 radical (unpaired) electrons. The van der Waals surface area contributed by atoms with Crippen molar-refractivity contribution >= 4 is 28.4 Å². The summed E-state index contributed by atoms with van der Waals surface area (Å²) in [7, 11) is 1.64. The first-order valence-corrected chi connectivity index (χ1v) is 10.9. The molecule has 32 heavy (non-hydrogen) atoms. The highest BCUT2D eigenvalue weighted by molar-refractivity contribution is 6.07. The number of ether oxygens (including phenoxy) is 1. The molecule has 1 aromatic heterocycles. The van der Waals surface area contributed by atoms with Crippen LogP contribution in [0, 0.1) is 0 Å². The van der Waals surface area contributed by atoms with Gasteiger partial charge in [0.15, 0.2) is 0 Å². The van der Waals surface area contributed by atoms with Gasteiger partial charge < -0.3 is 19.9 Å². The van der Waals surface area contributed by atoms with Crippen molar-refractivity contribution in [3.63, 3.8) is 0 Å². The Kier molecular flexibility index (Phi) is 6.97. The van der Waals surface area contributed by atoms with E-state index < -0.39 is 0 Å². The quantitative estimate of drug-likeness (QED) is 0.581. The number of hydrogen-bond acceptors (Lipinski definition) is 5. The number of nitrogens with zero attached hydrogens (tertiary/aromatic N) is 3. The number of piperazine rings is 1. The van der Waals surface area contributed by atoms with Gasteiger partial charge in [0.2, 0.25) is 0 Å². The van der Waals surface area contributed by atoms with Gasteiger partial charge in [-0.2, -0.15) is 0 Å². The minimum Gasteiger partial charge on any atom is -0.385 e. The van der Waals surface area contributed by atoms with Crippen molar-refractivity contribution in [1.29, 1.82) is 0 Å². The number of aromatic nitrogens is 1. The van der Waals surface area contributed by atoms with Crippen LogP contribution in [0.1, 0.15) is 27.1 Å².